The summed E-state index contributed by atoms with van der Waals surface area (Å²) >= 11 is 5.97. The molecule has 3 aromatic rings. The van der Waals surface area contributed by atoms with Gasteiger partial charge in [-0.1, -0.05) is 35.9 Å². The van der Waals surface area contributed by atoms with Gasteiger partial charge in [0.2, 0.25) is 0 Å². The lowest BCUT2D eigenvalue weighted by Gasteiger charge is -2.49. The number of β-lactam (4-membered cyclic amide) rings is 1. The van der Waals surface area contributed by atoms with Crippen LogP contribution in [0.25, 0.3) is 0 Å². The van der Waals surface area contributed by atoms with Gasteiger partial charge in [0.1, 0.15) is 17.5 Å². The van der Waals surface area contributed by atoms with Gasteiger partial charge in [0, 0.05) is 11.1 Å². The standard InChI is InChI=1S/C25H18ClN3O6/c1-2-35-16-10-7-14(8-11-16)21-22(28-23(30)17-5-3-4-6-18(17)24(28)31)25(32)27(21)19-12-9-15(26)13-20(19)29(33)34/h3-13,21-22H,2H2,1H3/t21-,22+/m1/s1. The smallest absolute Gasteiger partial charge is 0.294 e. The Balaban J connectivity index is 1.61. The summed E-state index contributed by atoms with van der Waals surface area (Å²) in [6.45, 7) is 2.31. The zero-order valence-electron chi connectivity index (χ0n) is 18.4. The van der Waals surface area contributed by atoms with Crippen molar-refractivity contribution in [1.29, 1.82) is 0 Å². The van der Waals surface area contributed by atoms with Crippen molar-refractivity contribution < 1.29 is 24.0 Å². The Labute approximate surface area is 204 Å². The first-order chi connectivity index (χ1) is 16.8. The Morgan fingerprint density at radius 2 is 1.54 bits per heavy atom. The number of carbonyl (C=O) groups excluding carboxylic acids is 3. The van der Waals surface area contributed by atoms with E-state index in [0.29, 0.717) is 17.9 Å². The number of ether oxygens (including phenoxy) is 1. The Hall–Kier alpha value is -4.24. The summed E-state index contributed by atoms with van der Waals surface area (Å²) in [5.41, 5.74) is 0.677. The SMILES string of the molecule is CCOc1ccc([C@@H]2[C@H](N3C(=O)c4ccccc4C3=O)C(=O)N2c2ccc(Cl)cc2[N+](=O)[O-])cc1. The number of benzene rings is 3. The highest BCUT2D eigenvalue weighted by Crippen LogP contribution is 2.47. The van der Waals surface area contributed by atoms with Gasteiger partial charge in [0.25, 0.3) is 23.4 Å². The van der Waals surface area contributed by atoms with E-state index in [-0.39, 0.29) is 27.5 Å². The van der Waals surface area contributed by atoms with Crippen molar-refractivity contribution in [2.24, 2.45) is 0 Å². The third-order valence-electron chi connectivity index (χ3n) is 6.10. The van der Waals surface area contributed by atoms with Gasteiger partial charge in [-0.15, -0.1) is 0 Å². The summed E-state index contributed by atoms with van der Waals surface area (Å²) in [7, 11) is 0. The minimum absolute atomic E-state index is 0.0242. The molecule has 3 aromatic carbocycles. The molecule has 0 saturated carbocycles. The second-order valence-corrected chi connectivity index (χ2v) is 8.45. The fourth-order valence-corrected chi connectivity index (χ4v) is 4.73. The number of amides is 3. The highest BCUT2D eigenvalue weighted by atomic mass is 35.5. The van der Waals surface area contributed by atoms with Crippen LogP contribution in [-0.2, 0) is 4.79 Å². The number of nitro benzene ring substituents is 1. The topological polar surface area (TPSA) is 110 Å². The van der Waals surface area contributed by atoms with Crippen LogP contribution in [0.2, 0.25) is 5.02 Å². The maximum absolute atomic E-state index is 13.5. The lowest BCUT2D eigenvalue weighted by Crippen LogP contribution is -2.67. The molecule has 35 heavy (non-hydrogen) atoms. The van der Waals surface area contributed by atoms with Crippen molar-refractivity contribution in [2.45, 2.75) is 19.0 Å². The zero-order valence-corrected chi connectivity index (χ0v) is 19.1. The van der Waals surface area contributed by atoms with E-state index < -0.39 is 34.7 Å². The predicted molar refractivity (Wildman–Crippen MR) is 127 cm³/mol. The summed E-state index contributed by atoms with van der Waals surface area (Å²) in [6, 6.07) is 15.2. The highest BCUT2D eigenvalue weighted by Gasteiger charge is 2.58. The molecule has 2 aliphatic rings. The summed E-state index contributed by atoms with van der Waals surface area (Å²) < 4.78 is 5.49. The molecule has 0 aliphatic carbocycles. The number of rotatable bonds is 6. The van der Waals surface area contributed by atoms with Gasteiger partial charge in [-0.2, -0.15) is 0 Å². The van der Waals surface area contributed by atoms with Crippen molar-refractivity contribution in [3.8, 4) is 5.75 Å². The molecule has 2 heterocycles. The van der Waals surface area contributed by atoms with E-state index >= 15 is 0 Å². The molecule has 0 aromatic heterocycles. The van der Waals surface area contributed by atoms with Crippen LogP contribution in [0.15, 0.2) is 66.7 Å². The average Bonchev–Trinajstić information content (AvgIpc) is 3.09. The summed E-state index contributed by atoms with van der Waals surface area (Å²) in [6.07, 6.45) is 0. The molecule has 0 N–H and O–H groups in total. The second-order valence-electron chi connectivity index (χ2n) is 8.02. The predicted octanol–water partition coefficient (Wildman–Crippen LogP) is 4.40. The van der Waals surface area contributed by atoms with Crippen LogP contribution in [0, 0.1) is 10.1 Å². The summed E-state index contributed by atoms with van der Waals surface area (Å²) in [5.74, 6) is -1.16. The number of imide groups is 1. The van der Waals surface area contributed by atoms with Crippen LogP contribution in [0.1, 0.15) is 39.2 Å². The summed E-state index contributed by atoms with van der Waals surface area (Å²) in [4.78, 5) is 53.1. The third-order valence-corrected chi connectivity index (χ3v) is 6.33. The van der Waals surface area contributed by atoms with E-state index in [9.17, 15) is 24.5 Å². The van der Waals surface area contributed by atoms with Crippen LogP contribution >= 0.6 is 11.6 Å². The van der Waals surface area contributed by atoms with Gasteiger partial charge in [0.15, 0.2) is 0 Å². The van der Waals surface area contributed by atoms with Crippen LogP contribution in [0.3, 0.4) is 0 Å². The van der Waals surface area contributed by atoms with Crippen LogP contribution in [0.5, 0.6) is 5.75 Å². The molecule has 5 rings (SSSR count). The fourth-order valence-electron chi connectivity index (χ4n) is 4.56. The number of carbonyl (C=O) groups is 3. The number of nitro groups is 1. The molecule has 176 valence electrons. The van der Waals surface area contributed by atoms with Gasteiger partial charge >= 0.3 is 0 Å². The lowest BCUT2D eigenvalue weighted by atomic mass is 9.86. The Bertz CT molecular complexity index is 1360. The number of nitrogens with zero attached hydrogens (tertiary/aromatic N) is 3. The minimum atomic E-state index is -1.17. The fraction of sp³-hybridized carbons (Fsp3) is 0.160. The third kappa shape index (κ3) is 3.52. The molecule has 0 radical (unpaired) electrons. The van der Waals surface area contributed by atoms with Crippen LogP contribution in [0.4, 0.5) is 11.4 Å². The molecule has 9 nitrogen and oxygen atoms in total. The molecule has 2 atom stereocenters. The number of fused-ring (bicyclic) bond motifs is 1. The van der Waals surface area contributed by atoms with E-state index in [1.165, 1.54) is 29.2 Å². The van der Waals surface area contributed by atoms with Crippen molar-refractivity contribution in [1.82, 2.24) is 4.90 Å². The largest absolute Gasteiger partial charge is 0.494 e. The van der Waals surface area contributed by atoms with E-state index in [1.54, 1.807) is 36.4 Å². The minimum Gasteiger partial charge on any atom is -0.494 e. The normalized spacial score (nSPS) is 19.0. The van der Waals surface area contributed by atoms with Crippen molar-refractivity contribution in [3.63, 3.8) is 0 Å². The Kier molecular flexibility index (Phi) is 5.49. The Morgan fingerprint density at radius 3 is 2.11 bits per heavy atom. The average molecular weight is 492 g/mol. The molecule has 1 saturated heterocycles. The number of hydrogen-bond acceptors (Lipinski definition) is 6. The molecule has 3 amide bonds. The van der Waals surface area contributed by atoms with Gasteiger partial charge in [-0.05, 0) is 48.9 Å². The molecule has 1 fully saturated rings. The number of halogens is 1. The highest BCUT2D eigenvalue weighted by molar-refractivity contribution is 6.31. The maximum atomic E-state index is 13.5. The molecule has 0 unspecified atom stereocenters. The number of hydrogen-bond donors (Lipinski definition) is 0. The monoisotopic (exact) mass is 491 g/mol. The van der Waals surface area contributed by atoms with E-state index in [4.69, 9.17) is 16.3 Å². The van der Waals surface area contributed by atoms with E-state index in [0.717, 1.165) is 11.0 Å². The first-order valence-electron chi connectivity index (χ1n) is 10.8. The van der Waals surface area contributed by atoms with Gasteiger partial charge in [-0.25, -0.2) is 0 Å². The van der Waals surface area contributed by atoms with E-state index in [1.807, 2.05) is 6.92 Å². The first kappa shape index (κ1) is 22.5. The molecule has 10 heteroatoms. The Morgan fingerprint density at radius 1 is 0.914 bits per heavy atom. The maximum Gasteiger partial charge on any atom is 0.294 e. The van der Waals surface area contributed by atoms with Gasteiger partial charge in [0.05, 0.1) is 28.7 Å². The van der Waals surface area contributed by atoms with Gasteiger partial charge in [-0.3, -0.25) is 34.3 Å². The van der Waals surface area contributed by atoms with E-state index in [2.05, 4.69) is 0 Å². The van der Waals surface area contributed by atoms with Crippen molar-refractivity contribution in [3.05, 3.63) is 98.6 Å². The van der Waals surface area contributed by atoms with Crippen molar-refractivity contribution in [2.75, 3.05) is 11.5 Å². The number of anilines is 1. The summed E-state index contributed by atoms with van der Waals surface area (Å²) in [5, 5.41) is 11.9. The lowest BCUT2D eigenvalue weighted by molar-refractivity contribution is -0.384. The zero-order chi connectivity index (χ0) is 24.9. The molecule has 0 bridgehead atoms. The molecule has 2 aliphatic heterocycles. The van der Waals surface area contributed by atoms with Crippen LogP contribution in [-0.4, -0.2) is 40.2 Å². The molecular weight excluding hydrogens is 474 g/mol. The second kappa shape index (κ2) is 8.52. The van der Waals surface area contributed by atoms with Crippen LogP contribution < -0.4 is 9.64 Å². The quantitative estimate of drug-likeness (QED) is 0.219. The first-order valence-corrected chi connectivity index (χ1v) is 11.2. The molecular formula is C25H18ClN3O6. The molecule has 0 spiro atoms. The van der Waals surface area contributed by atoms with Gasteiger partial charge < -0.3 is 4.74 Å². The van der Waals surface area contributed by atoms with Crippen molar-refractivity contribution >= 4 is 40.7 Å².